The molecule has 196 valence electrons. The standard InChI is InChI=1S/C33H25FN4O2/c34-28-14-10-24(18-30(28)40-20-39)23-9-13-26-29(17-23)37-38-19-27(21-5-2-1-3-6-21)31(36-32(26)38)22-7-11-25(12-8-22)33(35)15-4-16-33/h1-3,5-14,17-20H,4,15-16,35H2. The zero-order valence-electron chi connectivity index (χ0n) is 21.5. The van der Waals surface area contributed by atoms with Crippen molar-refractivity contribution in [2.24, 2.45) is 5.73 Å². The number of nitrogens with zero attached hydrogens (tertiary/aromatic N) is 3. The molecule has 0 aliphatic heterocycles. The van der Waals surface area contributed by atoms with Crippen LogP contribution in [0, 0.1) is 5.82 Å². The van der Waals surface area contributed by atoms with Gasteiger partial charge in [-0.15, -0.1) is 0 Å². The molecule has 1 aliphatic rings. The minimum absolute atomic E-state index is 0.120. The topological polar surface area (TPSA) is 82.5 Å². The molecule has 7 heteroatoms. The Balaban J connectivity index is 1.37. The first-order valence-corrected chi connectivity index (χ1v) is 13.2. The fraction of sp³-hybridized carbons (Fsp3) is 0.121. The normalized spacial score (nSPS) is 14.2. The number of benzene rings is 4. The van der Waals surface area contributed by atoms with Gasteiger partial charge in [-0.3, -0.25) is 4.79 Å². The Hall–Kier alpha value is -4.88. The molecule has 7 rings (SSSR count). The number of halogens is 1. The molecular formula is C33H25FN4O2. The summed E-state index contributed by atoms with van der Waals surface area (Å²) in [6.07, 6.45) is 5.21. The number of hydrogen-bond donors (Lipinski definition) is 1. The van der Waals surface area contributed by atoms with Crippen LogP contribution in [0.1, 0.15) is 24.8 Å². The van der Waals surface area contributed by atoms with Gasteiger partial charge in [0, 0.05) is 28.2 Å². The predicted octanol–water partition coefficient (Wildman–Crippen LogP) is 6.90. The van der Waals surface area contributed by atoms with Crippen LogP contribution in [0.3, 0.4) is 0 Å². The maximum absolute atomic E-state index is 14.0. The quantitative estimate of drug-likeness (QED) is 0.238. The SMILES string of the molecule is NC1(c2ccc(-c3nc4c5ccc(-c6ccc(F)c(OC=O)c6)cc5nn4cc3-c3ccccc3)cc2)CCC1. The van der Waals surface area contributed by atoms with Crippen LogP contribution in [0.5, 0.6) is 5.75 Å². The highest BCUT2D eigenvalue weighted by Crippen LogP contribution is 2.40. The summed E-state index contributed by atoms with van der Waals surface area (Å²) < 4.78 is 20.6. The molecule has 1 saturated carbocycles. The molecule has 2 N–H and O–H groups in total. The maximum Gasteiger partial charge on any atom is 0.298 e. The van der Waals surface area contributed by atoms with Crippen molar-refractivity contribution < 1.29 is 13.9 Å². The Morgan fingerprint density at radius 2 is 1.60 bits per heavy atom. The van der Waals surface area contributed by atoms with Gasteiger partial charge >= 0.3 is 0 Å². The molecule has 1 fully saturated rings. The molecule has 0 saturated heterocycles. The molecule has 4 aromatic carbocycles. The third-order valence-corrected chi connectivity index (χ3v) is 7.90. The highest BCUT2D eigenvalue weighted by atomic mass is 19.1. The fourth-order valence-electron chi connectivity index (χ4n) is 5.50. The van der Waals surface area contributed by atoms with Crippen LogP contribution in [0.2, 0.25) is 0 Å². The lowest BCUT2D eigenvalue weighted by Gasteiger charge is -2.38. The number of carbonyl (C=O) groups is 1. The van der Waals surface area contributed by atoms with Crippen LogP contribution in [-0.4, -0.2) is 21.1 Å². The Morgan fingerprint density at radius 3 is 2.33 bits per heavy atom. The van der Waals surface area contributed by atoms with E-state index >= 15 is 0 Å². The van der Waals surface area contributed by atoms with Gasteiger partial charge in [0.1, 0.15) is 0 Å². The molecule has 2 aromatic heterocycles. The van der Waals surface area contributed by atoms with Gasteiger partial charge < -0.3 is 10.5 Å². The summed E-state index contributed by atoms with van der Waals surface area (Å²) >= 11 is 0. The van der Waals surface area contributed by atoms with E-state index in [1.165, 1.54) is 18.6 Å². The lowest BCUT2D eigenvalue weighted by Crippen LogP contribution is -2.43. The average molecular weight is 529 g/mol. The van der Waals surface area contributed by atoms with E-state index < -0.39 is 5.82 Å². The van der Waals surface area contributed by atoms with Gasteiger partial charge in [0.25, 0.3) is 6.47 Å². The molecular weight excluding hydrogens is 503 g/mol. The van der Waals surface area contributed by atoms with E-state index in [1.54, 1.807) is 6.07 Å². The second-order valence-electron chi connectivity index (χ2n) is 10.3. The molecule has 2 heterocycles. The van der Waals surface area contributed by atoms with Crippen molar-refractivity contribution in [1.82, 2.24) is 14.6 Å². The smallest absolute Gasteiger partial charge is 0.298 e. The van der Waals surface area contributed by atoms with Gasteiger partial charge in [-0.05, 0) is 65.8 Å². The van der Waals surface area contributed by atoms with E-state index in [1.807, 2.05) is 47.1 Å². The molecule has 0 atom stereocenters. The maximum atomic E-state index is 14.0. The second-order valence-corrected chi connectivity index (χ2v) is 10.3. The van der Waals surface area contributed by atoms with Crippen LogP contribution < -0.4 is 10.5 Å². The summed E-state index contributed by atoms with van der Waals surface area (Å²) in [6.45, 7) is 0.218. The van der Waals surface area contributed by atoms with Gasteiger partial charge in [-0.1, -0.05) is 66.7 Å². The van der Waals surface area contributed by atoms with Gasteiger partial charge in [0.05, 0.1) is 11.2 Å². The first-order chi connectivity index (χ1) is 19.5. The number of carbonyl (C=O) groups excluding carboxylic acids is 1. The molecule has 0 radical (unpaired) electrons. The van der Waals surface area contributed by atoms with Gasteiger partial charge in [-0.25, -0.2) is 13.9 Å². The minimum Gasteiger partial charge on any atom is -0.426 e. The van der Waals surface area contributed by atoms with Crippen molar-refractivity contribution >= 4 is 23.0 Å². The average Bonchev–Trinajstić information content (AvgIpc) is 3.34. The van der Waals surface area contributed by atoms with Gasteiger partial charge in [0.2, 0.25) is 0 Å². The Morgan fingerprint density at radius 1 is 0.875 bits per heavy atom. The third kappa shape index (κ3) is 4.03. The molecule has 6 aromatic rings. The van der Waals surface area contributed by atoms with Crippen molar-refractivity contribution in [3.8, 4) is 39.3 Å². The molecule has 0 amide bonds. The van der Waals surface area contributed by atoms with E-state index in [2.05, 4.69) is 36.4 Å². The van der Waals surface area contributed by atoms with Crippen molar-refractivity contribution in [1.29, 1.82) is 0 Å². The number of ether oxygens (including phenoxy) is 1. The van der Waals surface area contributed by atoms with E-state index in [0.29, 0.717) is 5.56 Å². The summed E-state index contributed by atoms with van der Waals surface area (Å²) in [7, 11) is 0. The lowest BCUT2D eigenvalue weighted by molar-refractivity contribution is -0.120. The first-order valence-electron chi connectivity index (χ1n) is 13.2. The first kappa shape index (κ1) is 24.2. The molecule has 0 unspecified atom stereocenters. The van der Waals surface area contributed by atoms with E-state index in [-0.39, 0.29) is 17.8 Å². The van der Waals surface area contributed by atoms with E-state index in [9.17, 15) is 9.18 Å². The lowest BCUT2D eigenvalue weighted by atomic mass is 9.72. The fourth-order valence-corrected chi connectivity index (χ4v) is 5.50. The second kappa shape index (κ2) is 9.39. The van der Waals surface area contributed by atoms with Crippen LogP contribution in [0.15, 0.2) is 97.2 Å². The number of aromatic nitrogens is 3. The molecule has 1 aliphatic carbocycles. The van der Waals surface area contributed by atoms with Crippen LogP contribution in [0.4, 0.5) is 4.39 Å². The minimum atomic E-state index is -0.600. The van der Waals surface area contributed by atoms with E-state index in [0.717, 1.165) is 62.9 Å². The number of rotatable bonds is 6. The molecule has 0 spiro atoms. The zero-order valence-corrected chi connectivity index (χ0v) is 21.5. The summed E-state index contributed by atoms with van der Waals surface area (Å²) in [5, 5.41) is 5.73. The van der Waals surface area contributed by atoms with Crippen LogP contribution in [-0.2, 0) is 10.3 Å². The van der Waals surface area contributed by atoms with Crippen molar-refractivity contribution in [3.05, 3.63) is 109 Å². The molecule has 40 heavy (non-hydrogen) atoms. The third-order valence-electron chi connectivity index (χ3n) is 7.90. The van der Waals surface area contributed by atoms with Crippen molar-refractivity contribution in [2.45, 2.75) is 24.8 Å². The predicted molar refractivity (Wildman–Crippen MR) is 153 cm³/mol. The van der Waals surface area contributed by atoms with Gasteiger partial charge in [-0.2, -0.15) is 5.10 Å². The van der Waals surface area contributed by atoms with Crippen LogP contribution in [0.25, 0.3) is 50.1 Å². The summed E-state index contributed by atoms with van der Waals surface area (Å²) in [5.74, 6) is -0.720. The summed E-state index contributed by atoms with van der Waals surface area (Å²) in [5.41, 5.74) is 14.4. The molecule has 6 nitrogen and oxygen atoms in total. The highest BCUT2D eigenvalue weighted by Gasteiger charge is 2.34. The number of nitrogens with two attached hydrogens (primary N) is 1. The molecule has 0 bridgehead atoms. The van der Waals surface area contributed by atoms with Crippen LogP contribution >= 0.6 is 0 Å². The summed E-state index contributed by atoms with van der Waals surface area (Å²) in [6, 6.07) is 28.9. The monoisotopic (exact) mass is 528 g/mol. The largest absolute Gasteiger partial charge is 0.426 e. The number of hydrogen-bond acceptors (Lipinski definition) is 5. The van der Waals surface area contributed by atoms with E-state index in [4.69, 9.17) is 20.6 Å². The van der Waals surface area contributed by atoms with Gasteiger partial charge in [0.15, 0.2) is 17.2 Å². The Bertz CT molecular complexity index is 1890. The highest BCUT2D eigenvalue weighted by molar-refractivity contribution is 5.96. The Kier molecular flexibility index (Phi) is 5.68. The number of fused-ring (bicyclic) bond motifs is 3. The summed E-state index contributed by atoms with van der Waals surface area (Å²) in [4.78, 5) is 15.9. The van der Waals surface area contributed by atoms with Crippen molar-refractivity contribution in [2.75, 3.05) is 0 Å². The zero-order chi connectivity index (χ0) is 27.3. The van der Waals surface area contributed by atoms with Crippen molar-refractivity contribution in [3.63, 3.8) is 0 Å². The Labute approximate surface area is 229 Å².